The van der Waals surface area contributed by atoms with Crippen molar-refractivity contribution in [2.24, 2.45) is 5.16 Å². The molecule has 0 aliphatic rings. The SMILES string of the molecule is CCCCOC[C@H](Br)[C@@H](OCCCC)[C@H](F)C=NOC. The van der Waals surface area contributed by atoms with E-state index < -0.39 is 12.3 Å². The molecule has 0 unspecified atom stereocenters. The van der Waals surface area contributed by atoms with Crippen LogP contribution in [0.2, 0.25) is 0 Å². The third-order valence-corrected chi connectivity index (χ3v) is 3.49. The maximum absolute atomic E-state index is 14.1. The first-order valence-electron chi connectivity index (χ1n) is 7.21. The molecule has 0 spiro atoms. The molecule has 0 aliphatic heterocycles. The second kappa shape index (κ2) is 13.8. The van der Waals surface area contributed by atoms with Crippen LogP contribution in [0.1, 0.15) is 39.5 Å². The molecular weight excluding hydrogens is 329 g/mol. The second-order valence-corrected chi connectivity index (χ2v) is 5.69. The summed E-state index contributed by atoms with van der Waals surface area (Å²) >= 11 is 3.45. The number of oxime groups is 1. The fourth-order valence-electron chi connectivity index (χ4n) is 1.50. The number of alkyl halides is 2. The van der Waals surface area contributed by atoms with Crippen molar-refractivity contribution in [3.8, 4) is 0 Å². The number of nitrogens with zero attached hydrogens (tertiary/aromatic N) is 1. The van der Waals surface area contributed by atoms with Gasteiger partial charge >= 0.3 is 0 Å². The van der Waals surface area contributed by atoms with Crippen LogP contribution in [0.4, 0.5) is 4.39 Å². The zero-order valence-electron chi connectivity index (χ0n) is 12.7. The van der Waals surface area contributed by atoms with Gasteiger partial charge in [-0.05, 0) is 12.8 Å². The molecule has 0 aromatic carbocycles. The van der Waals surface area contributed by atoms with Crippen molar-refractivity contribution < 1.29 is 18.7 Å². The number of rotatable bonds is 13. The lowest BCUT2D eigenvalue weighted by atomic mass is 10.1. The van der Waals surface area contributed by atoms with Crippen molar-refractivity contribution in [3.63, 3.8) is 0 Å². The summed E-state index contributed by atoms with van der Waals surface area (Å²) in [7, 11) is 1.38. The zero-order chi connectivity index (χ0) is 15.2. The lowest BCUT2D eigenvalue weighted by Gasteiger charge is -2.24. The third-order valence-electron chi connectivity index (χ3n) is 2.71. The van der Waals surface area contributed by atoms with Gasteiger partial charge in [-0.25, -0.2) is 4.39 Å². The van der Waals surface area contributed by atoms with Crippen LogP contribution in [0.25, 0.3) is 0 Å². The lowest BCUT2D eigenvalue weighted by Crippen LogP contribution is -2.38. The van der Waals surface area contributed by atoms with Crippen LogP contribution in [-0.4, -0.2) is 50.2 Å². The number of halogens is 2. The maximum atomic E-state index is 14.1. The molecule has 0 saturated carbocycles. The zero-order valence-corrected chi connectivity index (χ0v) is 14.3. The first-order valence-corrected chi connectivity index (χ1v) is 8.13. The van der Waals surface area contributed by atoms with Gasteiger partial charge in [0.25, 0.3) is 0 Å². The molecule has 0 heterocycles. The van der Waals surface area contributed by atoms with E-state index in [-0.39, 0.29) is 4.83 Å². The first-order chi connectivity index (χ1) is 9.67. The van der Waals surface area contributed by atoms with Crippen molar-refractivity contribution in [3.05, 3.63) is 0 Å². The summed E-state index contributed by atoms with van der Waals surface area (Å²) in [4.78, 5) is 4.30. The molecule has 0 rings (SSSR count). The van der Waals surface area contributed by atoms with E-state index in [9.17, 15) is 4.39 Å². The standard InChI is InChI=1S/C14H27BrFNO3/c1-4-6-8-19-11-12(15)14(20-9-7-5-2)13(16)10-17-18-3/h10,12-14H,4-9,11H2,1-3H3/t12-,13+,14+/m0/s1. The molecule has 0 amide bonds. The fraction of sp³-hybridized carbons (Fsp3) is 0.929. The van der Waals surface area contributed by atoms with Crippen LogP contribution in [0.15, 0.2) is 5.16 Å². The Hall–Kier alpha value is -0.200. The minimum Gasteiger partial charge on any atom is -0.399 e. The van der Waals surface area contributed by atoms with Crippen molar-refractivity contribution in [1.29, 1.82) is 0 Å². The molecule has 0 saturated heterocycles. The normalized spacial score (nSPS) is 16.2. The molecule has 0 aromatic heterocycles. The van der Waals surface area contributed by atoms with Gasteiger partial charge < -0.3 is 14.3 Å². The van der Waals surface area contributed by atoms with Gasteiger partial charge in [0.2, 0.25) is 0 Å². The smallest absolute Gasteiger partial charge is 0.166 e. The molecule has 0 radical (unpaired) electrons. The summed E-state index contributed by atoms with van der Waals surface area (Å²) in [5.41, 5.74) is 0. The van der Waals surface area contributed by atoms with Crippen LogP contribution in [0, 0.1) is 0 Å². The van der Waals surface area contributed by atoms with Gasteiger partial charge in [0.1, 0.15) is 13.2 Å². The number of ether oxygens (including phenoxy) is 2. The van der Waals surface area contributed by atoms with Crippen molar-refractivity contribution >= 4 is 22.1 Å². The summed E-state index contributed by atoms with van der Waals surface area (Å²) in [5, 5.41) is 3.47. The van der Waals surface area contributed by atoms with Crippen molar-refractivity contribution in [2.45, 2.75) is 56.6 Å². The summed E-state index contributed by atoms with van der Waals surface area (Å²) in [6.45, 7) is 5.79. The summed E-state index contributed by atoms with van der Waals surface area (Å²) in [6.07, 6.45) is 3.17. The molecule has 3 atom stereocenters. The van der Waals surface area contributed by atoms with E-state index in [0.29, 0.717) is 19.8 Å². The van der Waals surface area contributed by atoms with Gasteiger partial charge in [0.05, 0.1) is 17.6 Å². The van der Waals surface area contributed by atoms with Gasteiger partial charge in [-0.1, -0.05) is 47.8 Å². The van der Waals surface area contributed by atoms with E-state index in [1.54, 1.807) is 0 Å². The average molecular weight is 356 g/mol. The van der Waals surface area contributed by atoms with E-state index in [4.69, 9.17) is 9.47 Å². The van der Waals surface area contributed by atoms with E-state index in [1.807, 2.05) is 0 Å². The highest BCUT2D eigenvalue weighted by Crippen LogP contribution is 2.17. The molecule has 20 heavy (non-hydrogen) atoms. The Balaban J connectivity index is 4.28. The number of unbranched alkanes of at least 4 members (excludes halogenated alkanes) is 2. The Kier molecular flexibility index (Phi) is 13.6. The lowest BCUT2D eigenvalue weighted by molar-refractivity contribution is -0.000487. The average Bonchev–Trinajstić information content (AvgIpc) is 2.45. The van der Waals surface area contributed by atoms with E-state index in [2.05, 4.69) is 39.8 Å². The number of hydrogen-bond acceptors (Lipinski definition) is 4. The molecule has 6 heteroatoms. The van der Waals surface area contributed by atoms with E-state index in [0.717, 1.165) is 31.9 Å². The molecule has 0 aromatic rings. The van der Waals surface area contributed by atoms with Crippen molar-refractivity contribution in [1.82, 2.24) is 0 Å². The van der Waals surface area contributed by atoms with E-state index >= 15 is 0 Å². The molecule has 4 nitrogen and oxygen atoms in total. The minimum atomic E-state index is -1.33. The molecule has 0 fully saturated rings. The van der Waals surface area contributed by atoms with Crippen LogP contribution in [-0.2, 0) is 14.3 Å². The summed E-state index contributed by atoms with van der Waals surface area (Å²) in [5.74, 6) is 0. The van der Waals surface area contributed by atoms with E-state index in [1.165, 1.54) is 7.11 Å². The minimum absolute atomic E-state index is 0.213. The predicted molar refractivity (Wildman–Crippen MR) is 83.5 cm³/mol. The third kappa shape index (κ3) is 9.66. The van der Waals surface area contributed by atoms with Gasteiger partial charge in [-0.2, -0.15) is 0 Å². The molecular formula is C14H27BrFNO3. The van der Waals surface area contributed by atoms with Gasteiger partial charge in [-0.3, -0.25) is 0 Å². The highest BCUT2D eigenvalue weighted by atomic mass is 79.9. The quantitative estimate of drug-likeness (QED) is 0.219. The Bertz CT molecular complexity index is 244. The Morgan fingerprint density at radius 2 is 1.85 bits per heavy atom. The Labute approximate surface area is 130 Å². The predicted octanol–water partition coefficient (Wildman–Crippen LogP) is 3.72. The Morgan fingerprint density at radius 1 is 1.20 bits per heavy atom. The summed E-state index contributed by atoms with van der Waals surface area (Å²) < 4.78 is 25.2. The second-order valence-electron chi connectivity index (χ2n) is 4.51. The van der Waals surface area contributed by atoms with Gasteiger partial charge in [-0.15, -0.1) is 0 Å². The molecule has 0 N–H and O–H groups in total. The maximum Gasteiger partial charge on any atom is 0.166 e. The first kappa shape index (κ1) is 19.8. The van der Waals surface area contributed by atoms with Crippen molar-refractivity contribution in [2.75, 3.05) is 26.9 Å². The summed E-state index contributed by atoms with van der Waals surface area (Å²) in [6, 6.07) is 0. The Morgan fingerprint density at radius 3 is 2.45 bits per heavy atom. The van der Waals surface area contributed by atoms with Gasteiger partial charge in [0.15, 0.2) is 6.17 Å². The van der Waals surface area contributed by atoms with Crippen LogP contribution in [0.3, 0.4) is 0 Å². The highest BCUT2D eigenvalue weighted by molar-refractivity contribution is 9.09. The monoisotopic (exact) mass is 355 g/mol. The van der Waals surface area contributed by atoms with Gasteiger partial charge in [0, 0.05) is 13.2 Å². The van der Waals surface area contributed by atoms with Crippen LogP contribution in [0.5, 0.6) is 0 Å². The van der Waals surface area contributed by atoms with Crippen LogP contribution >= 0.6 is 15.9 Å². The largest absolute Gasteiger partial charge is 0.399 e. The molecule has 0 bridgehead atoms. The van der Waals surface area contributed by atoms with Crippen LogP contribution < -0.4 is 0 Å². The molecule has 120 valence electrons. The molecule has 0 aliphatic carbocycles. The highest BCUT2D eigenvalue weighted by Gasteiger charge is 2.28. The topological polar surface area (TPSA) is 40.0 Å². The number of hydrogen-bond donors (Lipinski definition) is 0. The fourth-order valence-corrected chi connectivity index (χ4v) is 2.13.